The third-order valence-electron chi connectivity index (χ3n) is 4.27. The molecule has 0 radical (unpaired) electrons. The molecule has 29 heavy (non-hydrogen) atoms. The maximum Gasteiger partial charge on any atom is 0.384 e. The van der Waals surface area contributed by atoms with Gasteiger partial charge in [-0.2, -0.15) is 43.9 Å². The number of rotatable bonds is 2. The van der Waals surface area contributed by atoms with E-state index >= 15 is 0 Å². The number of anilines is 1. The number of carbonyl (C=O) groups is 1. The molecule has 0 spiro atoms. The van der Waals surface area contributed by atoms with Crippen molar-refractivity contribution in [2.75, 3.05) is 5.32 Å². The van der Waals surface area contributed by atoms with Gasteiger partial charge in [0.1, 0.15) is 0 Å². The highest BCUT2D eigenvalue weighted by Gasteiger charge is 3.02. The zero-order valence-corrected chi connectivity index (χ0v) is 14.0. The lowest BCUT2D eigenvalue weighted by molar-refractivity contribution is -0.475. The zero-order chi connectivity index (χ0) is 22.3. The lowest BCUT2D eigenvalue weighted by Gasteiger charge is -2.51. The molecule has 0 aliphatic heterocycles. The fraction of sp³-hybridized carbons (Fsp3) is 0.429. The monoisotopic (exact) mass is 458 g/mol. The van der Waals surface area contributed by atoms with Crippen molar-refractivity contribution in [2.45, 2.75) is 35.3 Å². The highest BCUT2D eigenvalue weighted by Crippen LogP contribution is 2.69. The Balaban J connectivity index is 2.14. The van der Waals surface area contributed by atoms with Gasteiger partial charge in [-0.1, -0.05) is 23.5 Å². The Kier molecular flexibility index (Phi) is 4.23. The predicted molar refractivity (Wildman–Crippen MR) is 76.8 cm³/mol. The van der Waals surface area contributed by atoms with E-state index in [0.29, 0.717) is 11.3 Å². The number of benzene rings is 1. The Morgan fingerprint density at radius 3 is 1.69 bits per heavy atom. The molecule has 1 saturated carbocycles. The van der Waals surface area contributed by atoms with Gasteiger partial charge in [-0.15, -0.1) is 0 Å². The van der Waals surface area contributed by atoms with Gasteiger partial charge in [-0.3, -0.25) is 10.1 Å². The summed E-state index contributed by atoms with van der Waals surface area (Å²) in [5.41, 5.74) is -6.72. The number of thiazole rings is 1. The van der Waals surface area contributed by atoms with Crippen molar-refractivity contribution in [3.05, 3.63) is 24.3 Å². The average Bonchev–Trinajstić information content (AvgIpc) is 3.01. The summed E-state index contributed by atoms with van der Waals surface area (Å²) >= 11 is 0.366. The number of fused-ring (bicyclic) bond motifs is 1. The second kappa shape index (κ2) is 5.70. The Morgan fingerprint density at radius 1 is 0.759 bits per heavy atom. The Hall–Kier alpha value is -2.19. The molecule has 1 fully saturated rings. The van der Waals surface area contributed by atoms with Gasteiger partial charge in [0.25, 0.3) is 5.91 Å². The third-order valence-corrected chi connectivity index (χ3v) is 5.22. The largest absolute Gasteiger partial charge is 0.384 e. The number of alkyl halides is 11. The van der Waals surface area contributed by atoms with Crippen molar-refractivity contribution < 1.29 is 53.1 Å². The highest BCUT2D eigenvalue weighted by molar-refractivity contribution is 7.22. The van der Waals surface area contributed by atoms with Gasteiger partial charge in [0, 0.05) is 0 Å². The lowest BCUT2D eigenvalue weighted by Crippen LogP contribution is -2.86. The van der Waals surface area contributed by atoms with E-state index in [1.807, 2.05) is 0 Å². The van der Waals surface area contributed by atoms with E-state index in [1.165, 1.54) is 24.3 Å². The first kappa shape index (κ1) is 21.5. The molecule has 1 amide bonds. The lowest BCUT2D eigenvalue weighted by atomic mass is 9.71. The second-order valence-electron chi connectivity index (χ2n) is 5.97. The summed E-state index contributed by atoms with van der Waals surface area (Å²) in [6.45, 7) is 0. The van der Waals surface area contributed by atoms with Crippen LogP contribution in [-0.4, -0.2) is 46.2 Å². The van der Waals surface area contributed by atoms with E-state index < -0.39 is 46.3 Å². The van der Waals surface area contributed by atoms with E-state index in [9.17, 15) is 53.1 Å². The number of halogens is 11. The fourth-order valence-electron chi connectivity index (χ4n) is 2.62. The van der Waals surface area contributed by atoms with Crippen molar-refractivity contribution >= 4 is 32.6 Å². The van der Waals surface area contributed by atoms with Gasteiger partial charge in [0.05, 0.1) is 10.2 Å². The van der Waals surface area contributed by atoms with Crippen LogP contribution in [0.15, 0.2) is 24.3 Å². The van der Waals surface area contributed by atoms with Gasteiger partial charge in [0.15, 0.2) is 5.13 Å². The molecule has 1 N–H and O–H groups in total. The van der Waals surface area contributed by atoms with Crippen LogP contribution >= 0.6 is 11.3 Å². The van der Waals surface area contributed by atoms with Crippen LogP contribution in [0.4, 0.5) is 53.4 Å². The van der Waals surface area contributed by atoms with Crippen LogP contribution in [0.25, 0.3) is 10.2 Å². The maximum absolute atomic E-state index is 14.6. The molecule has 0 saturated heterocycles. The van der Waals surface area contributed by atoms with Crippen molar-refractivity contribution in [2.24, 2.45) is 0 Å². The SMILES string of the molecule is O=C(Nc1nc2ccccc2s1)C1(F)C(F)(F)C(F)(F)C(F)(F)C(F)(F)C1(F)F. The molecule has 0 atom stereocenters. The van der Waals surface area contributed by atoms with Crippen LogP contribution in [0.2, 0.25) is 0 Å². The number of nitrogens with one attached hydrogen (secondary N) is 1. The molecule has 160 valence electrons. The minimum atomic E-state index is -7.38. The van der Waals surface area contributed by atoms with Crippen LogP contribution in [0.1, 0.15) is 0 Å². The molecular formula is C14H5F11N2OS. The normalized spacial score (nSPS) is 25.5. The molecular weight excluding hydrogens is 453 g/mol. The van der Waals surface area contributed by atoms with Gasteiger partial charge in [-0.05, 0) is 12.1 Å². The quantitative estimate of drug-likeness (QED) is 0.634. The second-order valence-corrected chi connectivity index (χ2v) is 7.00. The average molecular weight is 458 g/mol. The molecule has 0 bridgehead atoms. The minimum Gasteiger partial charge on any atom is -0.299 e. The molecule has 15 heteroatoms. The molecule has 3 nitrogen and oxygen atoms in total. The van der Waals surface area contributed by atoms with Crippen molar-refractivity contribution in [3.8, 4) is 0 Å². The number of amides is 1. The van der Waals surface area contributed by atoms with Gasteiger partial charge in [-0.25, -0.2) is 9.37 Å². The molecule has 2 aromatic rings. The number of carbonyl (C=O) groups excluding carboxylic acids is 1. The molecule has 1 aliphatic carbocycles. The van der Waals surface area contributed by atoms with E-state index in [4.69, 9.17) is 0 Å². The molecule has 1 aromatic carbocycles. The summed E-state index contributed by atoms with van der Waals surface area (Å²) in [5, 5.41) is 0.0784. The molecule has 1 heterocycles. The first-order chi connectivity index (χ1) is 13.0. The summed E-state index contributed by atoms with van der Waals surface area (Å²) in [6.07, 6.45) is 0. The number of nitrogens with zero attached hydrogens (tertiary/aromatic N) is 1. The first-order valence-corrected chi connectivity index (χ1v) is 8.03. The van der Waals surface area contributed by atoms with Crippen molar-refractivity contribution in [1.29, 1.82) is 0 Å². The van der Waals surface area contributed by atoms with Crippen LogP contribution in [-0.2, 0) is 4.79 Å². The fourth-order valence-corrected chi connectivity index (χ4v) is 3.48. The van der Waals surface area contributed by atoms with Gasteiger partial charge >= 0.3 is 35.3 Å². The minimum absolute atomic E-state index is 0.0186. The number of para-hydroxylation sites is 1. The molecule has 0 unspecified atom stereocenters. The summed E-state index contributed by atoms with van der Waals surface area (Å²) in [5.74, 6) is -39.9. The smallest absolute Gasteiger partial charge is 0.299 e. The van der Waals surface area contributed by atoms with Crippen molar-refractivity contribution in [3.63, 3.8) is 0 Å². The number of hydrogen-bond acceptors (Lipinski definition) is 3. The highest BCUT2D eigenvalue weighted by atomic mass is 32.1. The van der Waals surface area contributed by atoms with E-state index in [-0.39, 0.29) is 10.2 Å². The Morgan fingerprint density at radius 2 is 1.21 bits per heavy atom. The Bertz CT molecular complexity index is 924. The summed E-state index contributed by atoms with van der Waals surface area (Å²) in [6, 6.07) is 5.38. The third kappa shape index (κ3) is 2.24. The van der Waals surface area contributed by atoms with Gasteiger partial charge < -0.3 is 0 Å². The van der Waals surface area contributed by atoms with Crippen molar-refractivity contribution in [1.82, 2.24) is 4.98 Å². The standard InChI is InChI=1S/C14H5F11N2OS/c15-9(7(28)27-8-26-5-3-1-2-4-6(5)29-8)10(16,17)12(20,21)14(24,25)13(22,23)11(9,18)19/h1-4H,(H,26,27,28). The topological polar surface area (TPSA) is 42.0 Å². The Labute approximate surface area is 156 Å². The number of aromatic nitrogens is 1. The zero-order valence-electron chi connectivity index (χ0n) is 13.2. The summed E-state index contributed by atoms with van der Waals surface area (Å²) in [4.78, 5) is 15.3. The van der Waals surface area contributed by atoms with Gasteiger partial charge in [0.2, 0.25) is 0 Å². The molecule has 1 aromatic heterocycles. The molecule has 3 rings (SSSR count). The molecule has 1 aliphatic rings. The summed E-state index contributed by atoms with van der Waals surface area (Å²) in [7, 11) is 0. The van der Waals surface area contributed by atoms with Crippen LogP contribution < -0.4 is 5.32 Å². The van der Waals surface area contributed by atoms with Crippen LogP contribution in [0.5, 0.6) is 0 Å². The maximum atomic E-state index is 14.6. The van der Waals surface area contributed by atoms with Crippen LogP contribution in [0.3, 0.4) is 0 Å². The predicted octanol–water partition coefficient (Wildman–Crippen LogP) is 5.13. The van der Waals surface area contributed by atoms with Crippen LogP contribution in [0, 0.1) is 0 Å². The van der Waals surface area contributed by atoms with E-state index in [1.54, 1.807) is 0 Å². The summed E-state index contributed by atoms with van der Waals surface area (Å²) < 4.78 is 150. The number of hydrogen-bond donors (Lipinski definition) is 1. The van der Waals surface area contributed by atoms with E-state index in [0.717, 1.165) is 5.32 Å². The van der Waals surface area contributed by atoms with E-state index in [2.05, 4.69) is 4.98 Å². The first-order valence-electron chi connectivity index (χ1n) is 7.22.